The van der Waals surface area contributed by atoms with Crippen molar-refractivity contribution in [1.29, 1.82) is 0 Å². The van der Waals surface area contributed by atoms with Crippen LogP contribution < -0.4 is 10.1 Å². The first-order chi connectivity index (χ1) is 12.9. The number of hydrogen-bond donors (Lipinski definition) is 1. The highest BCUT2D eigenvalue weighted by Crippen LogP contribution is 2.33. The highest BCUT2D eigenvalue weighted by atomic mass is 32.2. The van der Waals surface area contributed by atoms with Crippen LogP contribution in [0.25, 0.3) is 0 Å². The molecule has 2 aromatic rings. The van der Waals surface area contributed by atoms with Gasteiger partial charge in [0.15, 0.2) is 0 Å². The lowest BCUT2D eigenvalue weighted by Crippen LogP contribution is -2.34. The molecule has 7 nitrogen and oxygen atoms in total. The first-order valence-electron chi connectivity index (χ1n) is 8.93. The van der Waals surface area contributed by atoms with Crippen molar-refractivity contribution in [2.45, 2.75) is 55.2 Å². The van der Waals surface area contributed by atoms with Gasteiger partial charge in [-0.3, -0.25) is 4.79 Å². The van der Waals surface area contributed by atoms with Gasteiger partial charge in [-0.1, -0.05) is 6.42 Å². The summed E-state index contributed by atoms with van der Waals surface area (Å²) < 4.78 is 31.0. The first kappa shape index (κ1) is 19.8. The molecule has 2 heterocycles. The standard InChI is InChI=1S/C18H23N3O4S2/c1-12(2)25-14-6-7-16(20-11-14)21-17(22)13-4-3-5-15(10-13)27(23,24)18-19-8-9-26-18/h6-9,11-13,15H,3-5,10H2,1-2H3,(H,20,21,22). The summed E-state index contributed by atoms with van der Waals surface area (Å²) in [5, 5.41) is 3.87. The largest absolute Gasteiger partial charge is 0.489 e. The van der Waals surface area contributed by atoms with Gasteiger partial charge in [0.25, 0.3) is 0 Å². The molecular weight excluding hydrogens is 386 g/mol. The maximum Gasteiger partial charge on any atom is 0.228 e. The van der Waals surface area contributed by atoms with Gasteiger partial charge in [0, 0.05) is 17.5 Å². The van der Waals surface area contributed by atoms with Crippen LogP contribution >= 0.6 is 11.3 Å². The van der Waals surface area contributed by atoms with E-state index in [0.29, 0.717) is 37.3 Å². The van der Waals surface area contributed by atoms with Crippen LogP contribution in [0.2, 0.25) is 0 Å². The van der Waals surface area contributed by atoms with Crippen LogP contribution in [0.5, 0.6) is 5.75 Å². The van der Waals surface area contributed by atoms with Crippen LogP contribution in [0.4, 0.5) is 5.82 Å². The molecule has 146 valence electrons. The Morgan fingerprint density at radius 3 is 2.74 bits per heavy atom. The Hall–Kier alpha value is -2.00. The third kappa shape index (κ3) is 4.84. The zero-order valence-corrected chi connectivity index (χ0v) is 16.9. The predicted molar refractivity (Wildman–Crippen MR) is 104 cm³/mol. The monoisotopic (exact) mass is 409 g/mol. The number of hydrogen-bond acceptors (Lipinski definition) is 7. The summed E-state index contributed by atoms with van der Waals surface area (Å²) >= 11 is 1.12. The van der Waals surface area contributed by atoms with E-state index < -0.39 is 15.1 Å². The molecule has 0 saturated heterocycles. The van der Waals surface area contributed by atoms with Gasteiger partial charge in [0.2, 0.25) is 20.1 Å². The fourth-order valence-electron chi connectivity index (χ4n) is 3.18. The summed E-state index contributed by atoms with van der Waals surface area (Å²) in [6.45, 7) is 3.85. The summed E-state index contributed by atoms with van der Waals surface area (Å²) in [5.74, 6) is 0.516. The highest BCUT2D eigenvalue weighted by Gasteiger charge is 2.37. The van der Waals surface area contributed by atoms with Crippen molar-refractivity contribution in [3.05, 3.63) is 29.9 Å². The summed E-state index contributed by atoms with van der Waals surface area (Å²) in [4.78, 5) is 20.7. The molecule has 0 spiro atoms. The second kappa shape index (κ2) is 8.35. The zero-order chi connectivity index (χ0) is 19.4. The van der Waals surface area contributed by atoms with Crippen molar-refractivity contribution in [2.75, 3.05) is 5.32 Å². The van der Waals surface area contributed by atoms with Crippen molar-refractivity contribution < 1.29 is 17.9 Å². The van der Waals surface area contributed by atoms with E-state index in [1.807, 2.05) is 13.8 Å². The minimum Gasteiger partial charge on any atom is -0.489 e. The Morgan fingerprint density at radius 2 is 2.11 bits per heavy atom. The van der Waals surface area contributed by atoms with Gasteiger partial charge in [-0.05, 0) is 45.2 Å². The average molecular weight is 410 g/mol. The van der Waals surface area contributed by atoms with Crippen LogP contribution in [-0.4, -0.2) is 35.6 Å². The van der Waals surface area contributed by atoms with E-state index in [0.717, 1.165) is 11.3 Å². The number of thiazole rings is 1. The number of amides is 1. The molecule has 1 N–H and O–H groups in total. The maximum absolute atomic E-state index is 12.7. The van der Waals surface area contributed by atoms with Gasteiger partial charge in [-0.25, -0.2) is 18.4 Å². The molecule has 2 aromatic heterocycles. The molecule has 0 bridgehead atoms. The fraction of sp³-hybridized carbons (Fsp3) is 0.500. The number of carbonyl (C=O) groups excluding carboxylic acids is 1. The van der Waals surface area contributed by atoms with E-state index in [1.165, 1.54) is 6.20 Å². The van der Waals surface area contributed by atoms with Crippen molar-refractivity contribution in [3.63, 3.8) is 0 Å². The van der Waals surface area contributed by atoms with E-state index in [2.05, 4.69) is 15.3 Å². The molecule has 1 amide bonds. The van der Waals surface area contributed by atoms with E-state index in [1.54, 1.807) is 23.7 Å². The number of carbonyl (C=O) groups is 1. The summed E-state index contributed by atoms with van der Waals surface area (Å²) in [7, 11) is -3.48. The normalized spacial score (nSPS) is 20.4. The molecule has 0 aromatic carbocycles. The minimum atomic E-state index is -3.48. The molecule has 3 rings (SSSR count). The highest BCUT2D eigenvalue weighted by molar-refractivity contribution is 7.93. The van der Waals surface area contributed by atoms with E-state index in [9.17, 15) is 13.2 Å². The lowest BCUT2D eigenvalue weighted by Gasteiger charge is -2.27. The number of aromatic nitrogens is 2. The third-order valence-corrected chi connectivity index (χ3v) is 7.90. The van der Waals surface area contributed by atoms with Gasteiger partial charge < -0.3 is 10.1 Å². The lowest BCUT2D eigenvalue weighted by molar-refractivity contribution is -0.120. The van der Waals surface area contributed by atoms with Crippen LogP contribution in [0, 0.1) is 5.92 Å². The number of sulfone groups is 1. The molecule has 0 radical (unpaired) electrons. The lowest BCUT2D eigenvalue weighted by atomic mass is 9.88. The quantitative estimate of drug-likeness (QED) is 0.786. The number of rotatable bonds is 6. The molecule has 27 heavy (non-hydrogen) atoms. The number of ether oxygens (including phenoxy) is 1. The average Bonchev–Trinajstić information content (AvgIpc) is 3.18. The topological polar surface area (TPSA) is 98.2 Å². The second-order valence-corrected chi connectivity index (χ2v) is 10.2. The van der Waals surface area contributed by atoms with Gasteiger partial charge in [0.05, 0.1) is 17.6 Å². The SMILES string of the molecule is CC(C)Oc1ccc(NC(=O)C2CCCC(S(=O)(=O)c3nccs3)C2)nc1. The molecule has 1 saturated carbocycles. The van der Waals surface area contributed by atoms with Gasteiger partial charge in [-0.2, -0.15) is 0 Å². The second-order valence-electron chi connectivity index (χ2n) is 6.86. The van der Waals surface area contributed by atoms with Crippen LogP contribution in [0.3, 0.4) is 0 Å². The Labute approximate surface area is 163 Å². The Morgan fingerprint density at radius 1 is 1.30 bits per heavy atom. The van der Waals surface area contributed by atoms with Gasteiger partial charge in [0.1, 0.15) is 11.6 Å². The summed E-state index contributed by atoms with van der Waals surface area (Å²) in [5.41, 5.74) is 0. The number of nitrogens with zero attached hydrogens (tertiary/aromatic N) is 2. The van der Waals surface area contributed by atoms with E-state index >= 15 is 0 Å². The summed E-state index contributed by atoms with van der Waals surface area (Å²) in [6, 6.07) is 3.43. The predicted octanol–water partition coefficient (Wildman–Crippen LogP) is 3.30. The van der Waals surface area contributed by atoms with Crippen molar-refractivity contribution >= 4 is 32.9 Å². The molecule has 9 heteroatoms. The summed E-state index contributed by atoms with van der Waals surface area (Å²) in [6.07, 6.45) is 5.33. The van der Waals surface area contributed by atoms with Crippen LogP contribution in [0.15, 0.2) is 34.2 Å². The van der Waals surface area contributed by atoms with Crippen LogP contribution in [-0.2, 0) is 14.6 Å². The molecule has 2 atom stereocenters. The molecule has 1 aliphatic rings. The van der Waals surface area contributed by atoms with Crippen molar-refractivity contribution in [1.82, 2.24) is 9.97 Å². The number of nitrogens with one attached hydrogen (secondary N) is 1. The van der Waals surface area contributed by atoms with Gasteiger partial charge >= 0.3 is 0 Å². The van der Waals surface area contributed by atoms with E-state index in [4.69, 9.17) is 4.74 Å². The molecule has 1 fully saturated rings. The Kier molecular flexibility index (Phi) is 6.11. The molecular formula is C18H23N3O4S2. The Balaban J connectivity index is 1.63. The van der Waals surface area contributed by atoms with Crippen molar-refractivity contribution in [3.8, 4) is 5.75 Å². The smallest absolute Gasteiger partial charge is 0.228 e. The number of pyridine rings is 1. The third-order valence-electron chi connectivity index (χ3n) is 4.45. The van der Waals surface area contributed by atoms with E-state index in [-0.39, 0.29) is 22.3 Å². The minimum absolute atomic E-state index is 0.0474. The molecule has 2 unspecified atom stereocenters. The Bertz CT molecular complexity index is 865. The molecule has 1 aliphatic carbocycles. The zero-order valence-electron chi connectivity index (χ0n) is 15.3. The molecule has 0 aliphatic heterocycles. The maximum atomic E-state index is 12.7. The fourth-order valence-corrected chi connectivity index (χ4v) is 6.11. The van der Waals surface area contributed by atoms with Gasteiger partial charge in [-0.15, -0.1) is 11.3 Å². The van der Waals surface area contributed by atoms with Crippen LogP contribution in [0.1, 0.15) is 39.5 Å². The number of anilines is 1. The first-order valence-corrected chi connectivity index (χ1v) is 11.4. The van der Waals surface area contributed by atoms with Crippen molar-refractivity contribution in [2.24, 2.45) is 5.92 Å².